The van der Waals surface area contributed by atoms with Crippen LogP contribution in [0.25, 0.3) is 0 Å². The van der Waals surface area contributed by atoms with E-state index in [0.717, 1.165) is 17.3 Å². The predicted molar refractivity (Wildman–Crippen MR) is 77.5 cm³/mol. The van der Waals surface area contributed by atoms with Gasteiger partial charge in [0.2, 0.25) is 0 Å². The normalized spacial score (nSPS) is 14.2. The van der Waals surface area contributed by atoms with Crippen molar-refractivity contribution in [3.63, 3.8) is 0 Å². The number of nitrogens with two attached hydrogens (primary N) is 1. The van der Waals surface area contributed by atoms with Crippen molar-refractivity contribution in [1.29, 1.82) is 0 Å². The molecule has 0 aliphatic carbocycles. The second kappa shape index (κ2) is 6.96. The lowest BCUT2D eigenvalue weighted by Gasteiger charge is -2.26. The fraction of sp³-hybridized carbons (Fsp3) is 0.636. The molecule has 1 aromatic rings. The topological polar surface area (TPSA) is 79.5 Å². The molecule has 7 heteroatoms. The summed E-state index contributed by atoms with van der Waals surface area (Å²) in [5.41, 5.74) is 5.96. The van der Waals surface area contributed by atoms with Gasteiger partial charge in [0.15, 0.2) is 5.13 Å². The summed E-state index contributed by atoms with van der Waals surface area (Å²) in [5, 5.41) is 11.4. The van der Waals surface area contributed by atoms with Crippen LogP contribution in [-0.4, -0.2) is 41.2 Å². The lowest BCUT2D eigenvalue weighted by molar-refractivity contribution is -0.138. The quantitative estimate of drug-likeness (QED) is 0.797. The van der Waals surface area contributed by atoms with Crippen LogP contribution >= 0.6 is 23.1 Å². The van der Waals surface area contributed by atoms with Crippen LogP contribution in [-0.2, 0) is 4.79 Å². The molecule has 102 valence electrons. The van der Waals surface area contributed by atoms with Gasteiger partial charge in [-0.05, 0) is 12.7 Å². The summed E-state index contributed by atoms with van der Waals surface area (Å²) in [4.78, 5) is 17.2. The number of aliphatic carboxylic acids is 1. The zero-order valence-corrected chi connectivity index (χ0v) is 12.4. The predicted octanol–water partition coefficient (Wildman–Crippen LogP) is 1.81. The minimum Gasteiger partial charge on any atom is -0.480 e. The summed E-state index contributed by atoms with van der Waals surface area (Å²) in [6.45, 7) is 2.13. The second-order valence-corrected chi connectivity index (χ2v) is 5.75. The van der Waals surface area contributed by atoms with Crippen LogP contribution in [0, 0.1) is 0 Å². The van der Waals surface area contributed by atoms with Crippen molar-refractivity contribution in [3.8, 4) is 0 Å². The zero-order chi connectivity index (χ0) is 13.7. The summed E-state index contributed by atoms with van der Waals surface area (Å²) in [7, 11) is 1.99. The van der Waals surface area contributed by atoms with Gasteiger partial charge in [-0.2, -0.15) is 11.8 Å². The van der Waals surface area contributed by atoms with E-state index in [2.05, 4.69) is 23.1 Å². The molecule has 1 rings (SSSR count). The van der Waals surface area contributed by atoms with E-state index < -0.39 is 12.0 Å². The third kappa shape index (κ3) is 3.60. The molecule has 1 aromatic heterocycles. The van der Waals surface area contributed by atoms with E-state index in [4.69, 9.17) is 10.8 Å². The Morgan fingerprint density at radius 3 is 2.89 bits per heavy atom. The first-order valence-corrected chi connectivity index (χ1v) is 7.94. The largest absolute Gasteiger partial charge is 0.480 e. The number of carboxylic acids is 1. The first-order chi connectivity index (χ1) is 8.51. The molecule has 0 fully saturated rings. The SMILES string of the molecule is CCC(CSC)N(C)c1nc(C(N)C(=O)O)cs1. The highest BCUT2D eigenvalue weighted by molar-refractivity contribution is 7.98. The zero-order valence-electron chi connectivity index (χ0n) is 10.8. The molecule has 0 saturated carbocycles. The molecule has 0 spiro atoms. The number of carbonyl (C=O) groups is 1. The van der Waals surface area contributed by atoms with Gasteiger partial charge in [0.25, 0.3) is 0 Å². The average Bonchev–Trinajstić information content (AvgIpc) is 2.83. The molecule has 0 aromatic carbocycles. The Balaban J connectivity index is 2.81. The molecule has 0 amide bonds. The maximum atomic E-state index is 10.8. The van der Waals surface area contributed by atoms with E-state index >= 15 is 0 Å². The smallest absolute Gasteiger partial charge is 0.326 e. The van der Waals surface area contributed by atoms with Crippen LogP contribution in [0.4, 0.5) is 5.13 Å². The number of carboxylic acid groups (broad SMARTS) is 1. The van der Waals surface area contributed by atoms with Crippen molar-refractivity contribution in [3.05, 3.63) is 11.1 Å². The van der Waals surface area contributed by atoms with E-state index in [9.17, 15) is 4.79 Å². The molecular formula is C11H19N3O2S2. The van der Waals surface area contributed by atoms with Crippen molar-refractivity contribution < 1.29 is 9.90 Å². The Bertz CT molecular complexity index is 397. The van der Waals surface area contributed by atoms with Crippen LogP contribution in [0.1, 0.15) is 25.1 Å². The molecule has 5 nitrogen and oxygen atoms in total. The summed E-state index contributed by atoms with van der Waals surface area (Å²) in [6.07, 6.45) is 3.10. The van der Waals surface area contributed by atoms with Crippen molar-refractivity contribution in [2.75, 3.05) is 24.0 Å². The first kappa shape index (κ1) is 15.3. The lowest BCUT2D eigenvalue weighted by atomic mass is 10.2. The summed E-state index contributed by atoms with van der Waals surface area (Å²) >= 11 is 3.23. The van der Waals surface area contributed by atoms with Crippen LogP contribution in [0.5, 0.6) is 0 Å². The second-order valence-electron chi connectivity index (χ2n) is 4.00. The van der Waals surface area contributed by atoms with E-state index in [1.165, 1.54) is 11.3 Å². The van der Waals surface area contributed by atoms with E-state index in [0.29, 0.717) is 11.7 Å². The van der Waals surface area contributed by atoms with Gasteiger partial charge in [0.1, 0.15) is 6.04 Å². The van der Waals surface area contributed by atoms with Crippen LogP contribution in [0.3, 0.4) is 0 Å². The highest BCUT2D eigenvalue weighted by Gasteiger charge is 2.21. The van der Waals surface area contributed by atoms with E-state index in [-0.39, 0.29) is 0 Å². The first-order valence-electron chi connectivity index (χ1n) is 5.66. The maximum Gasteiger partial charge on any atom is 0.326 e. The third-order valence-corrected chi connectivity index (χ3v) is 4.44. The van der Waals surface area contributed by atoms with Gasteiger partial charge >= 0.3 is 5.97 Å². The van der Waals surface area contributed by atoms with Gasteiger partial charge in [-0.1, -0.05) is 6.92 Å². The number of thioether (sulfide) groups is 1. The number of thiazole rings is 1. The molecule has 2 unspecified atom stereocenters. The number of hydrogen-bond acceptors (Lipinski definition) is 6. The number of rotatable bonds is 7. The average molecular weight is 289 g/mol. The van der Waals surface area contributed by atoms with E-state index in [1.807, 2.05) is 7.05 Å². The summed E-state index contributed by atoms with van der Waals surface area (Å²) < 4.78 is 0. The van der Waals surface area contributed by atoms with Gasteiger partial charge < -0.3 is 15.7 Å². The minimum atomic E-state index is -1.05. The Labute approximate surface area is 115 Å². The fourth-order valence-corrected chi connectivity index (χ4v) is 3.30. The maximum absolute atomic E-state index is 10.8. The molecule has 2 atom stereocenters. The van der Waals surface area contributed by atoms with Crippen LogP contribution in [0.2, 0.25) is 0 Å². The van der Waals surface area contributed by atoms with Crippen LogP contribution in [0.15, 0.2) is 5.38 Å². The Morgan fingerprint density at radius 1 is 1.72 bits per heavy atom. The molecule has 0 aliphatic rings. The number of nitrogens with zero attached hydrogens (tertiary/aromatic N) is 2. The minimum absolute atomic E-state index is 0.403. The van der Waals surface area contributed by atoms with Crippen molar-refractivity contribution in [2.45, 2.75) is 25.4 Å². The Kier molecular flexibility index (Phi) is 5.90. The Morgan fingerprint density at radius 2 is 2.39 bits per heavy atom. The molecule has 1 heterocycles. The van der Waals surface area contributed by atoms with Gasteiger partial charge in [-0.3, -0.25) is 4.79 Å². The van der Waals surface area contributed by atoms with Gasteiger partial charge in [-0.25, -0.2) is 4.98 Å². The molecule has 0 aliphatic heterocycles. The van der Waals surface area contributed by atoms with Gasteiger partial charge in [0.05, 0.1) is 5.69 Å². The van der Waals surface area contributed by atoms with Gasteiger partial charge in [-0.15, -0.1) is 11.3 Å². The number of hydrogen-bond donors (Lipinski definition) is 2. The Hall–Kier alpha value is -0.790. The summed E-state index contributed by atoms with van der Waals surface area (Å²) in [5.74, 6) is -0.0296. The van der Waals surface area contributed by atoms with Gasteiger partial charge in [0, 0.05) is 24.2 Å². The molecule has 0 bridgehead atoms. The van der Waals surface area contributed by atoms with Crippen molar-refractivity contribution in [2.24, 2.45) is 5.73 Å². The molecule has 0 saturated heterocycles. The number of aromatic nitrogens is 1. The standard InChI is InChI=1S/C11H19N3O2S2/c1-4-7(5-17-3)14(2)11-13-8(6-18-11)9(12)10(15)16/h6-7,9H,4-5,12H2,1-3H3,(H,15,16). The summed E-state index contributed by atoms with van der Waals surface area (Å²) in [6, 6.07) is -0.635. The fourth-order valence-electron chi connectivity index (χ4n) is 1.56. The number of anilines is 1. The monoisotopic (exact) mass is 289 g/mol. The highest BCUT2D eigenvalue weighted by Crippen LogP contribution is 2.25. The molecular weight excluding hydrogens is 270 g/mol. The third-order valence-electron chi connectivity index (χ3n) is 2.77. The lowest BCUT2D eigenvalue weighted by Crippen LogP contribution is -2.33. The van der Waals surface area contributed by atoms with Crippen molar-refractivity contribution >= 4 is 34.2 Å². The molecule has 0 radical (unpaired) electrons. The van der Waals surface area contributed by atoms with Crippen LogP contribution < -0.4 is 10.6 Å². The molecule has 18 heavy (non-hydrogen) atoms. The molecule has 3 N–H and O–H groups in total. The highest BCUT2D eigenvalue weighted by atomic mass is 32.2. The van der Waals surface area contributed by atoms with E-state index in [1.54, 1.807) is 17.1 Å². The van der Waals surface area contributed by atoms with Crippen molar-refractivity contribution in [1.82, 2.24) is 4.98 Å².